The number of aliphatic hydroxyl groups is 1. The summed E-state index contributed by atoms with van der Waals surface area (Å²) in [5, 5.41) is 11.6. The predicted molar refractivity (Wildman–Crippen MR) is 114 cm³/mol. The monoisotopic (exact) mass is 414 g/mol. The van der Waals surface area contributed by atoms with Crippen LogP contribution in [-0.4, -0.2) is 66.8 Å². The van der Waals surface area contributed by atoms with Gasteiger partial charge in [0.1, 0.15) is 11.3 Å². The first kappa shape index (κ1) is 20.9. The smallest absolute Gasteiger partial charge is 0.339 e. The predicted octanol–water partition coefficient (Wildman–Crippen LogP) is 1.88. The molecular weight excluding hydrogens is 384 g/mol. The van der Waals surface area contributed by atoms with Crippen molar-refractivity contribution in [3.63, 3.8) is 0 Å². The number of hydrogen-bond acceptors (Lipinski definition) is 6. The van der Waals surface area contributed by atoms with Gasteiger partial charge in [-0.3, -0.25) is 4.79 Å². The third kappa shape index (κ3) is 3.96. The average Bonchev–Trinajstić information content (AvgIpc) is 3.09. The van der Waals surface area contributed by atoms with Crippen LogP contribution in [0.5, 0.6) is 5.75 Å². The van der Waals surface area contributed by atoms with Crippen molar-refractivity contribution < 1.29 is 19.1 Å². The number of likely N-dealkylation sites (N-methyl/N-ethyl adjacent to an activating group) is 1. The number of benzene rings is 1. The van der Waals surface area contributed by atoms with Crippen LogP contribution in [0, 0.1) is 6.92 Å². The molecule has 1 atom stereocenters. The topological polar surface area (TPSA) is 83.2 Å². The molecular formula is C23H30N2O5. The minimum atomic E-state index is -0.874. The number of hydrogen-bond donors (Lipinski definition) is 1. The molecule has 1 saturated heterocycles. The summed E-state index contributed by atoms with van der Waals surface area (Å²) in [5.41, 5.74) is 2.04. The Balaban J connectivity index is 1.49. The van der Waals surface area contributed by atoms with Gasteiger partial charge in [0, 0.05) is 29.6 Å². The number of amides is 1. The van der Waals surface area contributed by atoms with Crippen LogP contribution in [0.25, 0.3) is 11.0 Å². The number of aryl methyl sites for hydroxylation is 2. The molecule has 162 valence electrons. The second-order valence-electron chi connectivity index (χ2n) is 8.94. The third-order valence-corrected chi connectivity index (χ3v) is 6.24. The molecule has 30 heavy (non-hydrogen) atoms. The molecule has 0 saturated carbocycles. The van der Waals surface area contributed by atoms with Crippen LogP contribution >= 0.6 is 0 Å². The Morgan fingerprint density at radius 3 is 2.73 bits per heavy atom. The fourth-order valence-corrected chi connectivity index (χ4v) is 4.80. The van der Waals surface area contributed by atoms with Gasteiger partial charge in [0.2, 0.25) is 0 Å². The molecule has 1 unspecified atom stereocenters. The molecule has 7 nitrogen and oxygen atoms in total. The Bertz CT molecular complexity index is 1030. The number of carbonyl (C=O) groups excluding carboxylic acids is 1. The van der Waals surface area contributed by atoms with Crippen molar-refractivity contribution in [1.29, 1.82) is 0 Å². The van der Waals surface area contributed by atoms with E-state index in [4.69, 9.17) is 9.15 Å². The lowest BCUT2D eigenvalue weighted by atomic mass is 9.90. The van der Waals surface area contributed by atoms with Gasteiger partial charge in [-0.25, -0.2) is 4.79 Å². The highest BCUT2D eigenvalue weighted by molar-refractivity contribution is 5.86. The molecule has 1 aromatic carbocycles. The van der Waals surface area contributed by atoms with Gasteiger partial charge in [-0.1, -0.05) is 0 Å². The van der Waals surface area contributed by atoms with Gasteiger partial charge in [0.05, 0.1) is 12.1 Å². The zero-order valence-electron chi connectivity index (χ0n) is 18.0. The van der Waals surface area contributed by atoms with Gasteiger partial charge < -0.3 is 24.1 Å². The number of nitrogens with zero attached hydrogens (tertiary/aromatic N) is 2. The molecule has 0 radical (unpaired) electrons. The van der Waals surface area contributed by atoms with Crippen molar-refractivity contribution in [2.45, 2.75) is 44.6 Å². The van der Waals surface area contributed by atoms with E-state index in [1.807, 2.05) is 38.1 Å². The number of β-amino-alcohol motifs (C(OH)–C–C–N with tert-alkyl or cyclic N) is 1. The average molecular weight is 415 g/mol. The van der Waals surface area contributed by atoms with Crippen LogP contribution in [0.1, 0.15) is 36.0 Å². The molecule has 0 spiro atoms. The molecule has 2 aromatic rings. The zero-order valence-corrected chi connectivity index (χ0v) is 18.0. The summed E-state index contributed by atoms with van der Waals surface area (Å²) >= 11 is 0. The van der Waals surface area contributed by atoms with Crippen LogP contribution in [0.15, 0.2) is 21.3 Å². The van der Waals surface area contributed by atoms with Gasteiger partial charge in [-0.2, -0.15) is 0 Å². The molecule has 7 heteroatoms. The first-order chi connectivity index (χ1) is 14.3. The Hall–Kier alpha value is -2.38. The quantitative estimate of drug-likeness (QED) is 0.753. The van der Waals surface area contributed by atoms with E-state index in [1.165, 1.54) is 0 Å². The van der Waals surface area contributed by atoms with E-state index in [2.05, 4.69) is 0 Å². The highest BCUT2D eigenvalue weighted by atomic mass is 16.5. The summed E-state index contributed by atoms with van der Waals surface area (Å²) in [6, 6.07) is 3.78. The Morgan fingerprint density at radius 2 is 2.00 bits per heavy atom. The van der Waals surface area contributed by atoms with E-state index in [0.717, 1.165) is 47.8 Å². The maximum atomic E-state index is 12.6. The number of carbonyl (C=O) groups is 1. The lowest BCUT2D eigenvalue weighted by Crippen LogP contribution is -2.44. The van der Waals surface area contributed by atoms with E-state index >= 15 is 0 Å². The number of fused-ring (bicyclic) bond motifs is 3. The minimum absolute atomic E-state index is 0.112. The second-order valence-corrected chi connectivity index (χ2v) is 8.94. The SMILES string of the molecule is Cc1c(OCC(=O)N2CCC(O)(CN(C)C)C2)ccc2c3c(c(=O)oc12)CCCC3. The van der Waals surface area contributed by atoms with Crippen molar-refractivity contribution in [2.75, 3.05) is 40.3 Å². The number of ether oxygens (including phenoxy) is 1. The van der Waals surface area contributed by atoms with Crippen LogP contribution in [0.3, 0.4) is 0 Å². The zero-order chi connectivity index (χ0) is 21.5. The summed E-state index contributed by atoms with van der Waals surface area (Å²) in [6.45, 7) is 3.09. The van der Waals surface area contributed by atoms with Gasteiger partial charge in [-0.15, -0.1) is 0 Å². The molecule has 1 fully saturated rings. The molecule has 0 bridgehead atoms. The second kappa shape index (κ2) is 8.04. The fourth-order valence-electron chi connectivity index (χ4n) is 4.80. The third-order valence-electron chi connectivity index (χ3n) is 6.24. The Labute approximate surface area is 176 Å². The van der Waals surface area contributed by atoms with Crippen LogP contribution in [0.2, 0.25) is 0 Å². The Kier molecular flexibility index (Phi) is 5.59. The molecule has 2 aliphatic rings. The fraction of sp³-hybridized carbons (Fsp3) is 0.565. The Morgan fingerprint density at radius 1 is 1.27 bits per heavy atom. The minimum Gasteiger partial charge on any atom is -0.483 e. The molecule has 4 rings (SSSR count). The summed E-state index contributed by atoms with van der Waals surface area (Å²) in [5.74, 6) is 0.383. The van der Waals surface area contributed by atoms with Crippen LogP contribution < -0.4 is 10.4 Å². The number of rotatable bonds is 5. The van der Waals surface area contributed by atoms with E-state index in [1.54, 1.807) is 4.90 Å². The van der Waals surface area contributed by atoms with Crippen molar-refractivity contribution in [3.8, 4) is 5.75 Å². The largest absolute Gasteiger partial charge is 0.483 e. The lowest BCUT2D eigenvalue weighted by Gasteiger charge is -2.26. The molecule has 1 aliphatic heterocycles. The normalized spacial score (nSPS) is 21.3. The lowest BCUT2D eigenvalue weighted by molar-refractivity contribution is -0.133. The van der Waals surface area contributed by atoms with Crippen LogP contribution in [-0.2, 0) is 17.6 Å². The van der Waals surface area contributed by atoms with E-state index in [-0.39, 0.29) is 18.1 Å². The van der Waals surface area contributed by atoms with Crippen molar-refractivity contribution in [2.24, 2.45) is 0 Å². The van der Waals surface area contributed by atoms with E-state index in [9.17, 15) is 14.7 Å². The van der Waals surface area contributed by atoms with Crippen molar-refractivity contribution >= 4 is 16.9 Å². The molecule has 1 amide bonds. The molecule has 1 aromatic heterocycles. The van der Waals surface area contributed by atoms with Crippen molar-refractivity contribution in [1.82, 2.24) is 9.80 Å². The summed E-state index contributed by atoms with van der Waals surface area (Å²) in [6.07, 6.45) is 4.32. The van der Waals surface area contributed by atoms with Gasteiger partial charge in [0.15, 0.2) is 6.61 Å². The van der Waals surface area contributed by atoms with Crippen molar-refractivity contribution in [3.05, 3.63) is 39.2 Å². The van der Waals surface area contributed by atoms with Gasteiger partial charge >= 0.3 is 5.63 Å². The number of likely N-dealkylation sites (tertiary alicyclic amines) is 1. The van der Waals surface area contributed by atoms with Gasteiger partial charge in [0.25, 0.3) is 5.91 Å². The summed E-state index contributed by atoms with van der Waals surface area (Å²) in [4.78, 5) is 28.6. The highest BCUT2D eigenvalue weighted by Gasteiger charge is 2.38. The first-order valence-electron chi connectivity index (χ1n) is 10.6. The van der Waals surface area contributed by atoms with Crippen LogP contribution in [0.4, 0.5) is 0 Å². The standard InChI is InChI=1S/C23H30N2O5/c1-15-19(29-12-20(26)25-11-10-23(28,14-25)13-24(2)3)9-8-17-16-6-4-5-7-18(16)22(27)30-21(15)17/h8-9,28H,4-7,10-14H2,1-3H3. The summed E-state index contributed by atoms with van der Waals surface area (Å²) < 4.78 is 11.4. The highest BCUT2D eigenvalue weighted by Crippen LogP contribution is 2.32. The molecule has 1 aliphatic carbocycles. The first-order valence-corrected chi connectivity index (χ1v) is 10.6. The van der Waals surface area contributed by atoms with E-state index < -0.39 is 5.60 Å². The molecule has 2 heterocycles. The summed E-state index contributed by atoms with van der Waals surface area (Å²) in [7, 11) is 3.81. The van der Waals surface area contributed by atoms with Gasteiger partial charge in [-0.05, 0) is 70.8 Å². The maximum absolute atomic E-state index is 12.6. The van der Waals surface area contributed by atoms with E-state index in [0.29, 0.717) is 37.4 Å². The maximum Gasteiger partial charge on any atom is 0.339 e. The molecule has 1 N–H and O–H groups in total.